The van der Waals surface area contributed by atoms with E-state index in [1.165, 1.54) is 0 Å². The number of carbonyl (C=O) groups excluding carboxylic acids is 1. The van der Waals surface area contributed by atoms with Crippen LogP contribution in [0.2, 0.25) is 0 Å². The van der Waals surface area contributed by atoms with E-state index in [0.29, 0.717) is 19.4 Å². The largest absolute Gasteiger partial charge is 0.380 e. The summed E-state index contributed by atoms with van der Waals surface area (Å²) >= 11 is 0. The smallest absolute Gasteiger partial charge is 0.275 e. The highest BCUT2D eigenvalue weighted by Crippen LogP contribution is 2.29. The van der Waals surface area contributed by atoms with Crippen LogP contribution in [-0.2, 0) is 9.63 Å². The maximum Gasteiger partial charge on any atom is 0.275 e. The molecule has 0 aromatic rings. The van der Waals surface area contributed by atoms with Crippen molar-refractivity contribution in [3.05, 3.63) is 0 Å². The fourth-order valence-electron chi connectivity index (χ4n) is 1.42. The van der Waals surface area contributed by atoms with Crippen LogP contribution in [0.25, 0.3) is 0 Å². The summed E-state index contributed by atoms with van der Waals surface area (Å²) in [6, 6.07) is 0. The molecule has 70 valence electrons. The first kappa shape index (κ1) is 9.48. The molecule has 0 atom stereocenters. The highest BCUT2D eigenvalue weighted by Gasteiger charge is 2.38. The molecule has 0 radical (unpaired) electrons. The molecule has 1 rings (SSSR count). The number of amides is 1. The lowest BCUT2D eigenvalue weighted by Crippen LogP contribution is -2.44. The lowest BCUT2D eigenvalue weighted by atomic mass is 10.0. The van der Waals surface area contributed by atoms with E-state index in [4.69, 9.17) is 4.84 Å². The Morgan fingerprint density at radius 2 is 2.17 bits per heavy atom. The van der Waals surface area contributed by atoms with Gasteiger partial charge in [-0.15, -0.1) is 0 Å². The Labute approximate surface area is 71.9 Å². The van der Waals surface area contributed by atoms with Crippen molar-refractivity contribution in [1.82, 2.24) is 5.48 Å². The van der Waals surface area contributed by atoms with E-state index in [1.807, 2.05) is 0 Å². The third kappa shape index (κ3) is 1.95. The van der Waals surface area contributed by atoms with Gasteiger partial charge in [-0.2, -0.15) is 0 Å². The zero-order valence-electron chi connectivity index (χ0n) is 7.30. The second-order valence-corrected chi connectivity index (χ2v) is 3.10. The Hall–Kier alpha value is -0.610. The van der Waals surface area contributed by atoms with Crippen molar-refractivity contribution in [2.75, 3.05) is 6.61 Å². The first-order chi connectivity index (χ1) is 5.69. The van der Waals surface area contributed by atoms with Crippen LogP contribution in [0.1, 0.15) is 32.6 Å². The summed E-state index contributed by atoms with van der Waals surface area (Å²) in [6.07, 6.45) is 2.92. The molecule has 4 heteroatoms. The highest BCUT2D eigenvalue weighted by molar-refractivity contribution is 5.84. The molecule has 0 heterocycles. The van der Waals surface area contributed by atoms with Gasteiger partial charge in [-0.05, 0) is 32.6 Å². The van der Waals surface area contributed by atoms with Gasteiger partial charge in [0.15, 0.2) is 0 Å². The standard InChI is InChI=1S/C8H15NO3/c1-2-12-9-7(10)8(11)5-3-4-6-8/h11H,2-6H2,1H3,(H,9,10). The van der Waals surface area contributed by atoms with Gasteiger partial charge >= 0.3 is 0 Å². The van der Waals surface area contributed by atoms with Gasteiger partial charge < -0.3 is 5.11 Å². The minimum Gasteiger partial charge on any atom is -0.380 e. The first-order valence-electron chi connectivity index (χ1n) is 4.33. The third-order valence-electron chi connectivity index (χ3n) is 2.16. The van der Waals surface area contributed by atoms with Gasteiger partial charge in [0.1, 0.15) is 5.60 Å². The summed E-state index contributed by atoms with van der Waals surface area (Å²) in [4.78, 5) is 16.0. The van der Waals surface area contributed by atoms with E-state index in [9.17, 15) is 9.90 Å². The molecular formula is C8H15NO3. The molecule has 0 aromatic heterocycles. The number of hydroxylamine groups is 1. The molecule has 0 bridgehead atoms. The summed E-state index contributed by atoms with van der Waals surface area (Å²) in [5.74, 6) is -0.401. The Balaban J connectivity index is 2.39. The van der Waals surface area contributed by atoms with Crippen LogP contribution in [0.15, 0.2) is 0 Å². The van der Waals surface area contributed by atoms with Crippen LogP contribution >= 0.6 is 0 Å². The fraction of sp³-hybridized carbons (Fsp3) is 0.875. The predicted molar refractivity (Wildman–Crippen MR) is 43.2 cm³/mol. The van der Waals surface area contributed by atoms with Crippen molar-refractivity contribution in [2.45, 2.75) is 38.2 Å². The van der Waals surface area contributed by atoms with Gasteiger partial charge in [0.25, 0.3) is 5.91 Å². The SMILES string of the molecule is CCONC(=O)C1(O)CCCC1. The minimum atomic E-state index is -1.17. The van der Waals surface area contributed by atoms with E-state index in [2.05, 4.69) is 5.48 Å². The Bertz CT molecular complexity index is 164. The molecule has 1 aliphatic carbocycles. The quantitative estimate of drug-likeness (QED) is 0.606. The summed E-state index contributed by atoms with van der Waals surface area (Å²) in [6.45, 7) is 2.20. The van der Waals surface area contributed by atoms with Gasteiger partial charge in [-0.25, -0.2) is 5.48 Å². The van der Waals surface area contributed by atoms with Crippen molar-refractivity contribution in [1.29, 1.82) is 0 Å². The average Bonchev–Trinajstić information content (AvgIpc) is 2.49. The number of nitrogens with one attached hydrogen (secondary N) is 1. The fourth-order valence-corrected chi connectivity index (χ4v) is 1.42. The van der Waals surface area contributed by atoms with E-state index < -0.39 is 11.5 Å². The number of carbonyl (C=O) groups is 1. The van der Waals surface area contributed by atoms with Gasteiger partial charge in [0, 0.05) is 0 Å². The molecule has 12 heavy (non-hydrogen) atoms. The number of rotatable bonds is 3. The second kappa shape index (κ2) is 3.87. The lowest BCUT2D eigenvalue weighted by molar-refractivity contribution is -0.152. The van der Waals surface area contributed by atoms with Crippen LogP contribution in [0.3, 0.4) is 0 Å². The second-order valence-electron chi connectivity index (χ2n) is 3.10. The average molecular weight is 173 g/mol. The number of aliphatic hydroxyl groups is 1. The van der Waals surface area contributed by atoms with Crippen LogP contribution in [0.4, 0.5) is 0 Å². The first-order valence-corrected chi connectivity index (χ1v) is 4.33. The molecule has 4 nitrogen and oxygen atoms in total. The van der Waals surface area contributed by atoms with E-state index in [-0.39, 0.29) is 0 Å². The van der Waals surface area contributed by atoms with Crippen molar-refractivity contribution >= 4 is 5.91 Å². The van der Waals surface area contributed by atoms with Gasteiger partial charge in [-0.3, -0.25) is 9.63 Å². The van der Waals surface area contributed by atoms with Crippen molar-refractivity contribution < 1.29 is 14.7 Å². The van der Waals surface area contributed by atoms with Gasteiger partial charge in [-0.1, -0.05) is 0 Å². The summed E-state index contributed by atoms with van der Waals surface area (Å²) in [7, 11) is 0. The molecule has 2 N–H and O–H groups in total. The van der Waals surface area contributed by atoms with Gasteiger partial charge in [0.05, 0.1) is 6.61 Å². The van der Waals surface area contributed by atoms with Crippen molar-refractivity contribution in [2.24, 2.45) is 0 Å². The summed E-state index contributed by atoms with van der Waals surface area (Å²) in [5, 5.41) is 9.69. The third-order valence-corrected chi connectivity index (χ3v) is 2.16. The Morgan fingerprint density at radius 3 is 2.67 bits per heavy atom. The van der Waals surface area contributed by atoms with Crippen LogP contribution < -0.4 is 5.48 Å². The predicted octanol–water partition coefficient (Wildman–Crippen LogP) is 0.359. The molecule has 0 unspecified atom stereocenters. The van der Waals surface area contributed by atoms with Crippen molar-refractivity contribution in [3.63, 3.8) is 0 Å². The van der Waals surface area contributed by atoms with Crippen molar-refractivity contribution in [3.8, 4) is 0 Å². The van der Waals surface area contributed by atoms with E-state index >= 15 is 0 Å². The molecule has 0 aromatic carbocycles. The molecule has 0 aliphatic heterocycles. The van der Waals surface area contributed by atoms with Gasteiger partial charge in [0.2, 0.25) is 0 Å². The van der Waals surface area contributed by atoms with E-state index in [1.54, 1.807) is 6.92 Å². The normalized spacial score (nSPS) is 20.8. The van der Waals surface area contributed by atoms with Crippen LogP contribution in [0.5, 0.6) is 0 Å². The van der Waals surface area contributed by atoms with Crippen LogP contribution in [0, 0.1) is 0 Å². The highest BCUT2D eigenvalue weighted by atomic mass is 16.7. The molecule has 1 fully saturated rings. The summed E-state index contributed by atoms with van der Waals surface area (Å²) in [5.41, 5.74) is 1.05. The van der Waals surface area contributed by atoms with Crippen LogP contribution in [-0.4, -0.2) is 23.2 Å². The molecule has 1 amide bonds. The Kier molecular flexibility index (Phi) is 3.05. The number of hydrogen-bond acceptors (Lipinski definition) is 3. The molecule has 0 spiro atoms. The molecular weight excluding hydrogens is 158 g/mol. The minimum absolute atomic E-state index is 0.401. The Morgan fingerprint density at radius 1 is 1.58 bits per heavy atom. The molecule has 1 saturated carbocycles. The molecule has 0 saturated heterocycles. The monoisotopic (exact) mass is 173 g/mol. The zero-order valence-corrected chi connectivity index (χ0v) is 7.30. The lowest BCUT2D eigenvalue weighted by Gasteiger charge is -2.19. The maximum atomic E-state index is 11.2. The number of hydrogen-bond donors (Lipinski definition) is 2. The summed E-state index contributed by atoms with van der Waals surface area (Å²) < 4.78 is 0. The maximum absolute atomic E-state index is 11.2. The molecule has 1 aliphatic rings. The zero-order chi connectivity index (χ0) is 9.03. The topological polar surface area (TPSA) is 58.6 Å². The van der Waals surface area contributed by atoms with E-state index in [0.717, 1.165) is 12.8 Å².